The highest BCUT2D eigenvalue weighted by Gasteiger charge is 2.39. The van der Waals surface area contributed by atoms with Gasteiger partial charge in [-0.05, 0) is 71.6 Å². The Hall–Kier alpha value is -3.63. The van der Waals surface area contributed by atoms with Crippen molar-refractivity contribution in [3.05, 3.63) is 34.9 Å². The SMILES string of the molecule is COC(=O)CNC(=O)C(c1c(C)cccc1C)N(C(=O)C(CCC(N)=O)NC(=O)OC(C)(C)C)C(C)C. The van der Waals surface area contributed by atoms with Crippen molar-refractivity contribution < 1.29 is 33.4 Å². The first-order chi connectivity index (χ1) is 17.1. The van der Waals surface area contributed by atoms with E-state index in [9.17, 15) is 24.0 Å². The van der Waals surface area contributed by atoms with Crippen molar-refractivity contribution in [3.8, 4) is 0 Å². The van der Waals surface area contributed by atoms with Crippen LogP contribution in [0.2, 0.25) is 0 Å². The van der Waals surface area contributed by atoms with Crippen LogP contribution >= 0.6 is 0 Å². The number of ether oxygens (including phenoxy) is 2. The number of nitrogens with two attached hydrogens (primary N) is 1. The van der Waals surface area contributed by atoms with E-state index in [4.69, 9.17) is 10.5 Å². The molecule has 0 heterocycles. The minimum absolute atomic E-state index is 0.0973. The summed E-state index contributed by atoms with van der Waals surface area (Å²) in [4.78, 5) is 64.6. The van der Waals surface area contributed by atoms with Crippen LogP contribution < -0.4 is 16.4 Å². The summed E-state index contributed by atoms with van der Waals surface area (Å²) >= 11 is 0. The maximum atomic E-state index is 14.0. The van der Waals surface area contributed by atoms with Gasteiger partial charge < -0.3 is 30.7 Å². The summed E-state index contributed by atoms with van der Waals surface area (Å²) in [7, 11) is 1.20. The van der Waals surface area contributed by atoms with E-state index in [0.717, 1.165) is 11.1 Å². The number of methoxy groups -OCH3 is 1. The molecule has 2 unspecified atom stereocenters. The van der Waals surface area contributed by atoms with E-state index in [1.165, 1.54) is 12.0 Å². The minimum Gasteiger partial charge on any atom is -0.468 e. The van der Waals surface area contributed by atoms with Gasteiger partial charge >= 0.3 is 12.1 Å². The highest BCUT2D eigenvalue weighted by molar-refractivity contribution is 5.94. The summed E-state index contributed by atoms with van der Waals surface area (Å²) in [5.41, 5.74) is 6.58. The molecule has 2 atom stereocenters. The number of benzene rings is 1. The number of carbonyl (C=O) groups is 5. The quantitative estimate of drug-likeness (QED) is 0.377. The molecule has 0 fully saturated rings. The number of hydrogen-bond donors (Lipinski definition) is 3. The van der Waals surface area contributed by atoms with Crippen LogP contribution in [-0.2, 0) is 28.7 Å². The molecule has 1 aromatic carbocycles. The Morgan fingerprint density at radius 3 is 2.08 bits per heavy atom. The second kappa shape index (κ2) is 13.6. The molecule has 0 bridgehead atoms. The zero-order chi connectivity index (χ0) is 28.5. The standard InChI is InChI=1S/C26H40N4O7/c1-15(2)30(24(34)18(12-13-19(27)31)29-25(35)37-26(5,6)7)22(23(33)28-14-20(32)36-8)21-16(3)10-9-11-17(21)4/h9-11,15,18,22H,12-14H2,1-8H3,(H2,27,31)(H,28,33)(H,29,35). The Morgan fingerprint density at radius 1 is 1.05 bits per heavy atom. The molecule has 206 valence electrons. The third-order valence-electron chi connectivity index (χ3n) is 5.46. The third kappa shape index (κ3) is 9.74. The minimum atomic E-state index is -1.20. The van der Waals surface area contributed by atoms with Crippen LogP contribution in [-0.4, -0.2) is 66.0 Å². The zero-order valence-electron chi connectivity index (χ0n) is 23.0. The molecule has 37 heavy (non-hydrogen) atoms. The summed E-state index contributed by atoms with van der Waals surface area (Å²) in [5, 5.41) is 5.08. The molecule has 1 rings (SSSR count). The molecule has 0 aliphatic carbocycles. The molecular formula is C26H40N4O7. The molecule has 0 saturated carbocycles. The number of amides is 4. The molecule has 0 saturated heterocycles. The number of rotatable bonds is 11. The maximum Gasteiger partial charge on any atom is 0.408 e. The molecule has 4 amide bonds. The molecule has 1 aromatic rings. The second-order valence-corrected chi connectivity index (χ2v) is 10.0. The van der Waals surface area contributed by atoms with Crippen LogP contribution in [0.25, 0.3) is 0 Å². The first-order valence-electron chi connectivity index (χ1n) is 12.1. The van der Waals surface area contributed by atoms with E-state index < -0.39 is 60.1 Å². The average Bonchev–Trinajstić information content (AvgIpc) is 2.77. The lowest BCUT2D eigenvalue weighted by molar-refractivity contribution is -0.146. The first-order valence-corrected chi connectivity index (χ1v) is 12.1. The fourth-order valence-corrected chi connectivity index (χ4v) is 3.84. The van der Waals surface area contributed by atoms with Gasteiger partial charge in [-0.3, -0.25) is 19.2 Å². The van der Waals surface area contributed by atoms with Gasteiger partial charge in [-0.1, -0.05) is 18.2 Å². The summed E-state index contributed by atoms with van der Waals surface area (Å²) < 4.78 is 9.93. The lowest BCUT2D eigenvalue weighted by Crippen LogP contribution is -2.55. The van der Waals surface area contributed by atoms with Gasteiger partial charge in [-0.15, -0.1) is 0 Å². The summed E-state index contributed by atoms with van der Waals surface area (Å²) in [6.07, 6.45) is -1.13. The lowest BCUT2D eigenvalue weighted by Gasteiger charge is -2.38. The van der Waals surface area contributed by atoms with E-state index >= 15 is 0 Å². The summed E-state index contributed by atoms with van der Waals surface area (Å²) in [6.45, 7) is 11.7. The predicted octanol–water partition coefficient (Wildman–Crippen LogP) is 2.03. The molecule has 4 N–H and O–H groups in total. The van der Waals surface area contributed by atoms with Crippen molar-refractivity contribution >= 4 is 29.8 Å². The number of nitrogens with one attached hydrogen (secondary N) is 2. The van der Waals surface area contributed by atoms with Gasteiger partial charge in [-0.2, -0.15) is 0 Å². The number of esters is 1. The van der Waals surface area contributed by atoms with E-state index in [-0.39, 0.29) is 12.8 Å². The van der Waals surface area contributed by atoms with Gasteiger partial charge in [-0.25, -0.2) is 4.79 Å². The van der Waals surface area contributed by atoms with Crippen LogP contribution in [0.1, 0.15) is 70.2 Å². The van der Waals surface area contributed by atoms with Crippen LogP contribution in [0, 0.1) is 13.8 Å². The number of hydrogen-bond acceptors (Lipinski definition) is 7. The highest BCUT2D eigenvalue weighted by atomic mass is 16.6. The first kappa shape index (κ1) is 31.4. The molecule has 0 aliphatic heterocycles. The molecular weight excluding hydrogens is 480 g/mol. The van der Waals surface area contributed by atoms with Crippen molar-refractivity contribution in [1.29, 1.82) is 0 Å². The lowest BCUT2D eigenvalue weighted by atomic mass is 9.92. The van der Waals surface area contributed by atoms with Crippen molar-refractivity contribution in [3.63, 3.8) is 0 Å². The maximum absolute atomic E-state index is 14.0. The Morgan fingerprint density at radius 2 is 1.62 bits per heavy atom. The van der Waals surface area contributed by atoms with Crippen LogP contribution in [0.15, 0.2) is 18.2 Å². The summed E-state index contributed by atoms with van der Waals surface area (Å²) in [5.74, 6) is -2.51. The van der Waals surface area contributed by atoms with E-state index in [0.29, 0.717) is 5.56 Å². The van der Waals surface area contributed by atoms with E-state index in [2.05, 4.69) is 15.4 Å². The second-order valence-electron chi connectivity index (χ2n) is 10.0. The van der Waals surface area contributed by atoms with Crippen molar-refractivity contribution in [2.24, 2.45) is 5.73 Å². The number of nitrogens with zero attached hydrogens (tertiary/aromatic N) is 1. The van der Waals surface area contributed by atoms with E-state index in [1.54, 1.807) is 34.6 Å². The monoisotopic (exact) mass is 520 g/mol. The molecule has 11 nitrogen and oxygen atoms in total. The van der Waals surface area contributed by atoms with Gasteiger partial charge in [0.15, 0.2) is 0 Å². The van der Waals surface area contributed by atoms with Crippen LogP contribution in [0.5, 0.6) is 0 Å². The Kier molecular flexibility index (Phi) is 11.6. The molecule has 11 heteroatoms. The number of primary amides is 1. The Balaban J connectivity index is 3.56. The van der Waals surface area contributed by atoms with Crippen molar-refractivity contribution in [2.45, 2.75) is 85.0 Å². The van der Waals surface area contributed by atoms with Crippen molar-refractivity contribution in [2.75, 3.05) is 13.7 Å². The largest absolute Gasteiger partial charge is 0.468 e. The van der Waals surface area contributed by atoms with Gasteiger partial charge in [0.05, 0.1) is 7.11 Å². The predicted molar refractivity (Wildman–Crippen MR) is 137 cm³/mol. The van der Waals surface area contributed by atoms with Gasteiger partial charge in [0, 0.05) is 12.5 Å². The highest BCUT2D eigenvalue weighted by Crippen LogP contribution is 2.30. The number of alkyl carbamates (subject to hydrolysis) is 1. The van der Waals surface area contributed by atoms with Crippen LogP contribution in [0.4, 0.5) is 4.79 Å². The fourth-order valence-electron chi connectivity index (χ4n) is 3.84. The summed E-state index contributed by atoms with van der Waals surface area (Å²) in [6, 6.07) is 2.60. The fraction of sp³-hybridized carbons (Fsp3) is 0.577. The Bertz CT molecular complexity index is 981. The van der Waals surface area contributed by atoms with Gasteiger partial charge in [0.25, 0.3) is 0 Å². The third-order valence-corrected chi connectivity index (χ3v) is 5.46. The normalized spacial score (nSPS) is 12.8. The van der Waals surface area contributed by atoms with E-state index in [1.807, 2.05) is 32.0 Å². The Labute approximate surface area is 218 Å². The molecule has 0 aromatic heterocycles. The van der Waals surface area contributed by atoms with Gasteiger partial charge in [0.2, 0.25) is 17.7 Å². The molecule has 0 aliphatic rings. The topological polar surface area (TPSA) is 157 Å². The average molecular weight is 521 g/mol. The number of carbonyl (C=O) groups excluding carboxylic acids is 5. The smallest absolute Gasteiger partial charge is 0.408 e. The van der Waals surface area contributed by atoms with Gasteiger partial charge in [0.1, 0.15) is 24.2 Å². The zero-order valence-corrected chi connectivity index (χ0v) is 23.0. The number of aryl methyl sites for hydroxylation is 2. The molecule has 0 spiro atoms. The van der Waals surface area contributed by atoms with Crippen LogP contribution in [0.3, 0.4) is 0 Å². The van der Waals surface area contributed by atoms with Crippen molar-refractivity contribution in [1.82, 2.24) is 15.5 Å². The molecule has 0 radical (unpaired) electrons.